The van der Waals surface area contributed by atoms with Gasteiger partial charge < -0.3 is 14.4 Å². The first-order valence-electron chi connectivity index (χ1n) is 9.45. The van der Waals surface area contributed by atoms with Crippen LogP contribution < -0.4 is 4.74 Å². The Bertz CT molecular complexity index is 703. The van der Waals surface area contributed by atoms with Gasteiger partial charge in [-0.05, 0) is 25.5 Å². The summed E-state index contributed by atoms with van der Waals surface area (Å²) in [5, 5.41) is 0.468. The number of nitrogens with zero attached hydrogens (tertiary/aromatic N) is 1. The van der Waals surface area contributed by atoms with Crippen LogP contribution >= 0.6 is 11.6 Å². The van der Waals surface area contributed by atoms with Crippen LogP contribution in [-0.4, -0.2) is 36.0 Å². The van der Waals surface area contributed by atoms with E-state index in [1.54, 1.807) is 19.1 Å². The predicted molar refractivity (Wildman–Crippen MR) is 106 cm³/mol. The Kier molecular flexibility index (Phi) is 7.72. The van der Waals surface area contributed by atoms with Crippen LogP contribution in [0.3, 0.4) is 0 Å². The van der Waals surface area contributed by atoms with Crippen molar-refractivity contribution in [1.29, 1.82) is 0 Å². The highest BCUT2D eigenvalue weighted by molar-refractivity contribution is 6.32. The first-order valence-corrected chi connectivity index (χ1v) is 9.83. The van der Waals surface area contributed by atoms with Gasteiger partial charge in [0.15, 0.2) is 0 Å². The number of carbonyl (C=O) groups is 2. The number of halogens is 1. The summed E-state index contributed by atoms with van der Waals surface area (Å²) >= 11 is 6.12. The molecule has 1 amide bonds. The number of ether oxygens (including phenoxy) is 2. The fraction of sp³-hybridized carbons (Fsp3) is 0.524. The molecule has 1 aromatic carbocycles. The lowest BCUT2D eigenvalue weighted by Gasteiger charge is -2.36. The molecule has 5 nitrogen and oxygen atoms in total. The zero-order valence-corrected chi connectivity index (χ0v) is 17.1. The molecule has 0 bridgehead atoms. The number of hydrogen-bond donors (Lipinski definition) is 0. The zero-order valence-electron chi connectivity index (χ0n) is 16.3. The quantitative estimate of drug-likeness (QED) is 0.425. The lowest BCUT2D eigenvalue weighted by Crippen LogP contribution is -2.54. The fourth-order valence-corrected chi connectivity index (χ4v) is 3.46. The van der Waals surface area contributed by atoms with Crippen molar-refractivity contribution in [3.8, 4) is 5.75 Å². The molecular formula is C21H28ClNO4. The van der Waals surface area contributed by atoms with E-state index >= 15 is 0 Å². The Hall–Kier alpha value is -2.01. The molecule has 0 saturated heterocycles. The highest BCUT2D eigenvalue weighted by Gasteiger charge is 2.45. The molecule has 1 unspecified atom stereocenters. The van der Waals surface area contributed by atoms with Crippen LogP contribution in [0.25, 0.3) is 0 Å². The monoisotopic (exact) mass is 393 g/mol. The van der Waals surface area contributed by atoms with Crippen LogP contribution in [0.5, 0.6) is 5.75 Å². The van der Waals surface area contributed by atoms with Gasteiger partial charge in [-0.15, -0.1) is 0 Å². The lowest BCUT2D eigenvalue weighted by atomic mass is 9.92. The number of unbranched alkanes of at least 4 members (excludes halogenated alkanes) is 4. The molecule has 0 fully saturated rings. The summed E-state index contributed by atoms with van der Waals surface area (Å²) in [5.74, 6) is 0.297. The molecule has 1 heterocycles. The summed E-state index contributed by atoms with van der Waals surface area (Å²) in [7, 11) is 1.35. The van der Waals surface area contributed by atoms with Gasteiger partial charge in [-0.1, -0.05) is 62.8 Å². The molecule has 0 aliphatic carbocycles. The summed E-state index contributed by atoms with van der Waals surface area (Å²) in [5.41, 5.74) is -1.01. The van der Waals surface area contributed by atoms with Crippen molar-refractivity contribution in [3.05, 3.63) is 41.1 Å². The van der Waals surface area contributed by atoms with Gasteiger partial charge >= 0.3 is 5.97 Å². The van der Waals surface area contributed by atoms with Crippen LogP contribution in [0.15, 0.2) is 36.1 Å². The normalized spacial score (nSPS) is 16.1. The first kappa shape index (κ1) is 21.3. The van der Waals surface area contributed by atoms with Gasteiger partial charge in [0.2, 0.25) is 0 Å². The molecule has 2 rings (SSSR count). The highest BCUT2D eigenvalue weighted by Crippen LogP contribution is 2.32. The Morgan fingerprint density at radius 2 is 1.93 bits per heavy atom. The average molecular weight is 394 g/mol. The molecule has 1 aliphatic heterocycles. The van der Waals surface area contributed by atoms with Crippen LogP contribution in [-0.2, 0) is 14.3 Å². The van der Waals surface area contributed by atoms with Crippen LogP contribution in [0.4, 0.5) is 0 Å². The topological polar surface area (TPSA) is 55.8 Å². The smallest absolute Gasteiger partial charge is 0.331 e. The summed E-state index contributed by atoms with van der Waals surface area (Å²) < 4.78 is 10.8. The van der Waals surface area contributed by atoms with Crippen molar-refractivity contribution in [1.82, 2.24) is 4.90 Å². The Labute approximate surface area is 166 Å². The van der Waals surface area contributed by atoms with E-state index in [1.807, 2.05) is 12.1 Å². The van der Waals surface area contributed by atoms with Crippen molar-refractivity contribution < 1.29 is 19.1 Å². The maximum Gasteiger partial charge on any atom is 0.331 e. The van der Waals surface area contributed by atoms with E-state index in [9.17, 15) is 9.59 Å². The number of para-hydroxylation sites is 1. The first-order chi connectivity index (χ1) is 12.9. The van der Waals surface area contributed by atoms with Gasteiger partial charge in [0.25, 0.3) is 5.91 Å². The van der Waals surface area contributed by atoms with E-state index in [0.717, 1.165) is 25.7 Å². The molecule has 0 N–H and O–H groups in total. The van der Waals surface area contributed by atoms with Gasteiger partial charge in [-0.25, -0.2) is 4.79 Å². The molecule has 0 radical (unpaired) electrons. The van der Waals surface area contributed by atoms with Crippen molar-refractivity contribution in [3.63, 3.8) is 0 Å². The Balaban J connectivity index is 2.07. The number of rotatable bonds is 10. The second-order valence-electron chi connectivity index (χ2n) is 7.00. The number of benzene rings is 1. The molecule has 1 aromatic rings. The molecule has 148 valence electrons. The third-order valence-corrected chi connectivity index (χ3v) is 5.24. The van der Waals surface area contributed by atoms with Crippen molar-refractivity contribution in [2.45, 2.75) is 57.9 Å². The number of amides is 1. The third kappa shape index (κ3) is 5.25. The molecule has 1 aliphatic rings. The maximum atomic E-state index is 12.6. The second kappa shape index (κ2) is 9.79. The lowest BCUT2D eigenvalue weighted by molar-refractivity contribution is -0.159. The van der Waals surface area contributed by atoms with Gasteiger partial charge in [0.1, 0.15) is 17.0 Å². The minimum absolute atomic E-state index is 0.213. The fourth-order valence-electron chi connectivity index (χ4n) is 3.28. The van der Waals surface area contributed by atoms with Crippen LogP contribution in [0.1, 0.15) is 52.4 Å². The van der Waals surface area contributed by atoms with Crippen LogP contribution in [0, 0.1) is 0 Å². The van der Waals surface area contributed by atoms with Crippen molar-refractivity contribution in [2.24, 2.45) is 0 Å². The third-order valence-electron chi connectivity index (χ3n) is 4.93. The average Bonchev–Trinajstić information content (AvgIpc) is 3.03. The highest BCUT2D eigenvalue weighted by atomic mass is 35.5. The number of methoxy groups -OCH3 is 1. The SMILES string of the molecule is CCCCCCCC(C)(C(=O)OC)N1CC(Oc2ccccc2Cl)=CC1=O. The number of esters is 1. The standard InChI is InChI=1S/C21H28ClNO4/c1-4-5-6-7-10-13-21(2,20(25)26-3)23-15-16(14-19(23)24)27-18-12-9-8-11-17(18)22/h8-9,11-12,14H,4-7,10,13,15H2,1-3H3. The van der Waals surface area contributed by atoms with Crippen molar-refractivity contribution >= 4 is 23.5 Å². The second-order valence-corrected chi connectivity index (χ2v) is 7.40. The summed E-state index contributed by atoms with van der Waals surface area (Å²) in [6, 6.07) is 7.08. The molecule has 1 atom stereocenters. The van der Waals surface area contributed by atoms with E-state index in [2.05, 4.69) is 6.92 Å². The molecule has 6 heteroatoms. The van der Waals surface area contributed by atoms with Crippen molar-refractivity contribution in [2.75, 3.05) is 13.7 Å². The van der Waals surface area contributed by atoms with E-state index in [-0.39, 0.29) is 12.5 Å². The maximum absolute atomic E-state index is 12.6. The Morgan fingerprint density at radius 3 is 2.59 bits per heavy atom. The van der Waals surface area contributed by atoms with E-state index in [4.69, 9.17) is 21.1 Å². The largest absolute Gasteiger partial charge is 0.467 e. The molecule has 0 spiro atoms. The van der Waals surface area contributed by atoms with Gasteiger partial charge in [-0.2, -0.15) is 0 Å². The molecule has 27 heavy (non-hydrogen) atoms. The minimum atomic E-state index is -1.01. The molecule has 0 aromatic heterocycles. The minimum Gasteiger partial charge on any atom is -0.467 e. The predicted octanol–water partition coefficient (Wildman–Crippen LogP) is 4.74. The zero-order chi connectivity index (χ0) is 19.9. The van der Waals surface area contributed by atoms with Gasteiger partial charge in [-0.3, -0.25) is 4.79 Å². The number of carbonyl (C=O) groups excluding carboxylic acids is 2. The van der Waals surface area contributed by atoms with E-state index in [1.165, 1.54) is 24.5 Å². The summed E-state index contributed by atoms with van der Waals surface area (Å²) in [6.45, 7) is 4.14. The molecule has 0 saturated carbocycles. The van der Waals surface area contributed by atoms with E-state index in [0.29, 0.717) is 23.0 Å². The number of hydrogen-bond acceptors (Lipinski definition) is 4. The summed E-state index contributed by atoms with van der Waals surface area (Å²) in [6.07, 6.45) is 7.32. The van der Waals surface area contributed by atoms with Gasteiger partial charge in [0, 0.05) is 6.08 Å². The van der Waals surface area contributed by atoms with E-state index < -0.39 is 11.5 Å². The van der Waals surface area contributed by atoms with Gasteiger partial charge in [0.05, 0.1) is 18.7 Å². The molecular weight excluding hydrogens is 366 g/mol. The van der Waals surface area contributed by atoms with Crippen LogP contribution in [0.2, 0.25) is 5.02 Å². The Morgan fingerprint density at radius 1 is 1.22 bits per heavy atom. The summed E-state index contributed by atoms with van der Waals surface area (Å²) in [4.78, 5) is 26.6.